The number of carbonyl (C=O) groups excluding carboxylic acids is 2. The summed E-state index contributed by atoms with van der Waals surface area (Å²) >= 11 is 0. The lowest BCUT2D eigenvalue weighted by Crippen LogP contribution is -2.36. The molecule has 0 unspecified atom stereocenters. The van der Waals surface area contributed by atoms with Gasteiger partial charge in [0.15, 0.2) is 0 Å². The molecular formula is C19H18N4O3. The Hall–Kier alpha value is -3.48. The molecule has 0 aliphatic heterocycles. The third-order valence-corrected chi connectivity index (χ3v) is 3.66. The van der Waals surface area contributed by atoms with E-state index >= 15 is 0 Å². The van der Waals surface area contributed by atoms with Crippen LogP contribution in [0, 0.1) is 6.92 Å². The highest BCUT2D eigenvalue weighted by atomic mass is 16.4. The summed E-state index contributed by atoms with van der Waals surface area (Å²) in [6.45, 7) is 2.10. The maximum absolute atomic E-state index is 11.9. The van der Waals surface area contributed by atoms with Gasteiger partial charge in [-0.2, -0.15) is 0 Å². The van der Waals surface area contributed by atoms with Crippen molar-refractivity contribution < 1.29 is 14.0 Å². The van der Waals surface area contributed by atoms with Crippen molar-refractivity contribution in [2.75, 3.05) is 11.9 Å². The van der Waals surface area contributed by atoms with Gasteiger partial charge in [0, 0.05) is 24.7 Å². The zero-order valence-corrected chi connectivity index (χ0v) is 14.2. The molecule has 1 heterocycles. The van der Waals surface area contributed by atoms with E-state index < -0.39 is 11.8 Å². The van der Waals surface area contributed by atoms with E-state index in [4.69, 9.17) is 4.42 Å². The third-order valence-electron chi connectivity index (χ3n) is 3.66. The minimum absolute atomic E-state index is 0.395. The standard InChI is InChI=1S/C19H18N4O3/c1-13-22-23-19(26-13)15-7-9-16(10-8-15)21-18(25)17(24)20-12-11-14-5-3-2-4-6-14/h2-10H,11-12H2,1H3,(H,20,24)(H,21,25). The van der Waals surface area contributed by atoms with E-state index in [0.717, 1.165) is 11.1 Å². The van der Waals surface area contributed by atoms with Gasteiger partial charge in [0.2, 0.25) is 11.8 Å². The first-order chi connectivity index (χ1) is 12.6. The van der Waals surface area contributed by atoms with Gasteiger partial charge in [-0.15, -0.1) is 10.2 Å². The molecule has 0 aliphatic carbocycles. The van der Waals surface area contributed by atoms with Crippen molar-refractivity contribution in [3.05, 3.63) is 66.1 Å². The fourth-order valence-corrected chi connectivity index (χ4v) is 2.34. The number of anilines is 1. The van der Waals surface area contributed by atoms with Crippen LogP contribution in [0.4, 0.5) is 5.69 Å². The number of rotatable bonds is 5. The second kappa shape index (κ2) is 8.06. The molecule has 0 aliphatic rings. The van der Waals surface area contributed by atoms with Gasteiger partial charge in [-0.25, -0.2) is 0 Å². The molecule has 7 heteroatoms. The molecule has 0 saturated carbocycles. The van der Waals surface area contributed by atoms with Gasteiger partial charge < -0.3 is 15.1 Å². The summed E-state index contributed by atoms with van der Waals surface area (Å²) in [6, 6.07) is 16.5. The molecule has 3 aromatic rings. The Bertz CT molecular complexity index is 889. The highest BCUT2D eigenvalue weighted by molar-refractivity contribution is 6.39. The molecule has 2 N–H and O–H groups in total. The summed E-state index contributed by atoms with van der Waals surface area (Å²) in [5, 5.41) is 12.9. The number of hydrogen-bond acceptors (Lipinski definition) is 5. The maximum atomic E-state index is 11.9. The zero-order chi connectivity index (χ0) is 18.4. The molecule has 0 radical (unpaired) electrons. The van der Waals surface area contributed by atoms with Crippen LogP contribution >= 0.6 is 0 Å². The Morgan fingerprint density at radius 3 is 2.35 bits per heavy atom. The first-order valence-electron chi connectivity index (χ1n) is 8.15. The van der Waals surface area contributed by atoms with Gasteiger partial charge >= 0.3 is 11.8 Å². The fourth-order valence-electron chi connectivity index (χ4n) is 2.34. The van der Waals surface area contributed by atoms with Gasteiger partial charge in [0.25, 0.3) is 0 Å². The molecule has 3 rings (SSSR count). The quantitative estimate of drug-likeness (QED) is 0.689. The summed E-state index contributed by atoms with van der Waals surface area (Å²) in [5.41, 5.74) is 2.34. The topological polar surface area (TPSA) is 97.1 Å². The molecule has 0 atom stereocenters. The van der Waals surface area contributed by atoms with Crippen molar-refractivity contribution >= 4 is 17.5 Å². The Morgan fingerprint density at radius 2 is 1.69 bits per heavy atom. The number of hydrogen-bond donors (Lipinski definition) is 2. The smallest absolute Gasteiger partial charge is 0.313 e. The van der Waals surface area contributed by atoms with Crippen molar-refractivity contribution in [1.82, 2.24) is 15.5 Å². The number of carbonyl (C=O) groups is 2. The van der Waals surface area contributed by atoms with E-state index in [9.17, 15) is 9.59 Å². The van der Waals surface area contributed by atoms with Gasteiger partial charge in [0.05, 0.1) is 0 Å². The van der Waals surface area contributed by atoms with E-state index in [1.54, 1.807) is 31.2 Å². The van der Waals surface area contributed by atoms with Crippen molar-refractivity contribution in [2.45, 2.75) is 13.3 Å². The summed E-state index contributed by atoms with van der Waals surface area (Å²) < 4.78 is 5.34. The highest BCUT2D eigenvalue weighted by Gasteiger charge is 2.13. The second-order valence-electron chi connectivity index (χ2n) is 5.65. The molecule has 26 heavy (non-hydrogen) atoms. The van der Waals surface area contributed by atoms with Crippen LogP contribution in [0.15, 0.2) is 59.0 Å². The van der Waals surface area contributed by atoms with E-state index in [1.807, 2.05) is 30.3 Å². The van der Waals surface area contributed by atoms with Crippen LogP contribution in [0.5, 0.6) is 0 Å². The molecule has 132 valence electrons. The summed E-state index contributed by atoms with van der Waals surface area (Å²) in [4.78, 5) is 23.8. The predicted octanol–water partition coefficient (Wildman–Crippen LogP) is 2.34. The predicted molar refractivity (Wildman–Crippen MR) is 96.3 cm³/mol. The number of nitrogens with zero attached hydrogens (tertiary/aromatic N) is 2. The van der Waals surface area contributed by atoms with Gasteiger partial charge in [-0.1, -0.05) is 30.3 Å². The minimum Gasteiger partial charge on any atom is -0.421 e. The normalized spacial score (nSPS) is 10.3. The monoisotopic (exact) mass is 350 g/mol. The van der Waals surface area contributed by atoms with Crippen LogP contribution in [0.25, 0.3) is 11.5 Å². The van der Waals surface area contributed by atoms with Crippen molar-refractivity contribution in [2.24, 2.45) is 0 Å². The van der Waals surface area contributed by atoms with Crippen molar-refractivity contribution in [3.8, 4) is 11.5 Å². The van der Waals surface area contributed by atoms with Gasteiger partial charge in [-0.3, -0.25) is 9.59 Å². The third kappa shape index (κ3) is 4.54. The van der Waals surface area contributed by atoms with Crippen molar-refractivity contribution in [3.63, 3.8) is 0 Å². The van der Waals surface area contributed by atoms with Gasteiger partial charge in [-0.05, 0) is 36.2 Å². The Balaban J connectivity index is 1.50. The van der Waals surface area contributed by atoms with E-state index in [1.165, 1.54) is 0 Å². The minimum atomic E-state index is -0.709. The second-order valence-corrected chi connectivity index (χ2v) is 5.65. The lowest BCUT2D eigenvalue weighted by atomic mass is 10.1. The summed E-state index contributed by atoms with van der Waals surface area (Å²) in [5.74, 6) is -0.499. The first-order valence-corrected chi connectivity index (χ1v) is 8.15. The average Bonchev–Trinajstić information content (AvgIpc) is 3.09. The fraction of sp³-hybridized carbons (Fsp3) is 0.158. The first kappa shape index (κ1) is 17.3. The van der Waals surface area contributed by atoms with Crippen LogP contribution in [0.3, 0.4) is 0 Å². The molecular weight excluding hydrogens is 332 g/mol. The molecule has 2 amide bonds. The molecule has 0 spiro atoms. The van der Waals surface area contributed by atoms with Crippen LogP contribution in [0.2, 0.25) is 0 Å². The Morgan fingerprint density at radius 1 is 0.962 bits per heavy atom. The molecule has 0 bridgehead atoms. The van der Waals surface area contributed by atoms with Crippen molar-refractivity contribution in [1.29, 1.82) is 0 Å². The molecule has 1 aromatic heterocycles. The lowest BCUT2D eigenvalue weighted by molar-refractivity contribution is -0.136. The SMILES string of the molecule is Cc1nnc(-c2ccc(NC(=O)C(=O)NCCc3ccccc3)cc2)o1. The van der Waals surface area contributed by atoms with E-state index in [-0.39, 0.29) is 0 Å². The number of aromatic nitrogens is 2. The molecule has 7 nitrogen and oxygen atoms in total. The lowest BCUT2D eigenvalue weighted by Gasteiger charge is -2.07. The van der Waals surface area contributed by atoms with Crippen LogP contribution in [0.1, 0.15) is 11.5 Å². The number of aryl methyl sites for hydroxylation is 1. The highest BCUT2D eigenvalue weighted by Crippen LogP contribution is 2.19. The Labute approximate surface area is 150 Å². The summed E-state index contributed by atoms with van der Waals surface area (Å²) in [6.07, 6.45) is 0.665. The maximum Gasteiger partial charge on any atom is 0.313 e. The Kier molecular flexibility index (Phi) is 5.38. The summed E-state index contributed by atoms with van der Waals surface area (Å²) in [7, 11) is 0. The van der Waals surface area contributed by atoms with Crippen LogP contribution in [-0.4, -0.2) is 28.6 Å². The average molecular weight is 350 g/mol. The number of nitrogens with one attached hydrogen (secondary N) is 2. The number of benzene rings is 2. The van der Waals surface area contributed by atoms with Crippen LogP contribution in [-0.2, 0) is 16.0 Å². The van der Waals surface area contributed by atoms with Gasteiger partial charge in [0.1, 0.15) is 0 Å². The van der Waals surface area contributed by atoms with E-state index in [0.29, 0.717) is 30.4 Å². The zero-order valence-electron chi connectivity index (χ0n) is 14.2. The molecule has 2 aromatic carbocycles. The largest absolute Gasteiger partial charge is 0.421 e. The van der Waals surface area contributed by atoms with Crippen LogP contribution < -0.4 is 10.6 Å². The molecule has 0 fully saturated rings. The van der Waals surface area contributed by atoms with E-state index in [2.05, 4.69) is 20.8 Å². The molecule has 0 saturated heterocycles. The number of amides is 2.